The van der Waals surface area contributed by atoms with Gasteiger partial charge < -0.3 is 5.32 Å². The highest BCUT2D eigenvalue weighted by molar-refractivity contribution is 5.99. The molecule has 1 aliphatic rings. The van der Waals surface area contributed by atoms with Crippen molar-refractivity contribution in [1.29, 1.82) is 0 Å². The summed E-state index contributed by atoms with van der Waals surface area (Å²) in [4.78, 5) is 15.1. The number of aryl methyl sites for hydroxylation is 1. The number of rotatable bonds is 6. The Morgan fingerprint density at radius 2 is 1.97 bits per heavy atom. The summed E-state index contributed by atoms with van der Waals surface area (Å²) in [7, 11) is 1.66. The van der Waals surface area contributed by atoms with Crippen molar-refractivity contribution in [1.82, 2.24) is 20.0 Å². The van der Waals surface area contributed by atoms with E-state index in [9.17, 15) is 13.6 Å². The molecule has 0 radical (unpaired) electrons. The van der Waals surface area contributed by atoms with Crippen molar-refractivity contribution in [2.24, 2.45) is 7.05 Å². The summed E-state index contributed by atoms with van der Waals surface area (Å²) < 4.78 is 28.9. The van der Waals surface area contributed by atoms with Crippen LogP contribution in [-0.4, -0.2) is 40.2 Å². The number of carbonyl (C=O) groups excluding carboxylic acids is 1. The second-order valence-electron chi connectivity index (χ2n) is 7.59. The Balaban J connectivity index is 1.34. The molecule has 0 bridgehead atoms. The summed E-state index contributed by atoms with van der Waals surface area (Å²) >= 11 is 0. The smallest absolute Gasteiger partial charge is 0.255 e. The van der Waals surface area contributed by atoms with Crippen LogP contribution in [0.3, 0.4) is 0 Å². The van der Waals surface area contributed by atoms with Crippen LogP contribution >= 0.6 is 0 Å². The highest BCUT2D eigenvalue weighted by Crippen LogP contribution is 2.25. The Bertz CT molecular complexity index is 1060. The van der Waals surface area contributed by atoms with Gasteiger partial charge in [-0.05, 0) is 36.1 Å². The highest BCUT2D eigenvalue weighted by Gasteiger charge is 2.20. The Morgan fingerprint density at radius 1 is 1.17 bits per heavy atom. The maximum Gasteiger partial charge on any atom is 0.255 e. The zero-order valence-corrected chi connectivity index (χ0v) is 16.9. The molecule has 0 saturated carbocycles. The quantitative estimate of drug-likeness (QED) is 0.633. The zero-order chi connectivity index (χ0) is 21.1. The van der Waals surface area contributed by atoms with Crippen LogP contribution in [0.25, 0.3) is 11.3 Å². The van der Waals surface area contributed by atoms with Crippen LogP contribution in [0.2, 0.25) is 0 Å². The fourth-order valence-corrected chi connectivity index (χ4v) is 3.88. The topological polar surface area (TPSA) is 50.2 Å². The fourth-order valence-electron chi connectivity index (χ4n) is 3.88. The van der Waals surface area contributed by atoms with Gasteiger partial charge in [-0.2, -0.15) is 5.10 Å². The van der Waals surface area contributed by atoms with Crippen LogP contribution in [0.1, 0.15) is 27.9 Å². The van der Waals surface area contributed by atoms with Gasteiger partial charge in [-0.1, -0.05) is 24.3 Å². The number of nitrogens with zero attached hydrogens (tertiary/aromatic N) is 3. The average Bonchev–Trinajstić information content (AvgIpc) is 3.12. The molecule has 4 rings (SSSR count). The Morgan fingerprint density at radius 3 is 2.77 bits per heavy atom. The fraction of sp³-hybridized carbons (Fsp3) is 0.304. The van der Waals surface area contributed by atoms with Crippen molar-refractivity contribution >= 4 is 5.91 Å². The Hall–Kier alpha value is -3.06. The lowest BCUT2D eigenvalue weighted by Crippen LogP contribution is -2.33. The van der Waals surface area contributed by atoms with Crippen molar-refractivity contribution in [3.05, 3.63) is 77.0 Å². The molecule has 0 atom stereocenters. The van der Waals surface area contributed by atoms with Gasteiger partial charge in [-0.3, -0.25) is 14.4 Å². The first kappa shape index (κ1) is 20.2. The van der Waals surface area contributed by atoms with Gasteiger partial charge in [-0.15, -0.1) is 0 Å². The molecule has 1 aliphatic heterocycles. The Kier molecular flexibility index (Phi) is 5.90. The Labute approximate surface area is 174 Å². The largest absolute Gasteiger partial charge is 0.352 e. The first-order valence-electron chi connectivity index (χ1n) is 10.1. The lowest BCUT2D eigenvalue weighted by Gasteiger charge is -2.28. The second kappa shape index (κ2) is 8.75. The number of halogens is 2. The van der Waals surface area contributed by atoms with Crippen molar-refractivity contribution in [3.8, 4) is 11.3 Å². The molecule has 1 aromatic heterocycles. The molecule has 1 N–H and O–H groups in total. The first-order valence-corrected chi connectivity index (χ1v) is 10.1. The number of amides is 1. The van der Waals surface area contributed by atoms with Gasteiger partial charge >= 0.3 is 0 Å². The van der Waals surface area contributed by atoms with E-state index in [1.54, 1.807) is 13.2 Å². The molecular weight excluding hydrogens is 386 g/mol. The van der Waals surface area contributed by atoms with E-state index in [0.717, 1.165) is 44.6 Å². The van der Waals surface area contributed by atoms with E-state index in [0.29, 0.717) is 6.54 Å². The highest BCUT2D eigenvalue weighted by atomic mass is 19.1. The van der Waals surface area contributed by atoms with Crippen LogP contribution in [0.15, 0.2) is 48.7 Å². The number of aromatic nitrogens is 2. The number of carbonyl (C=O) groups is 1. The molecule has 2 heterocycles. The molecule has 7 heteroatoms. The van der Waals surface area contributed by atoms with Crippen LogP contribution in [0.4, 0.5) is 8.78 Å². The molecule has 5 nitrogen and oxygen atoms in total. The maximum atomic E-state index is 14.2. The summed E-state index contributed by atoms with van der Waals surface area (Å²) in [5.74, 6) is -1.72. The van der Waals surface area contributed by atoms with Crippen LogP contribution < -0.4 is 5.32 Å². The molecule has 0 aliphatic carbocycles. The van der Waals surface area contributed by atoms with E-state index < -0.39 is 11.6 Å². The molecule has 0 spiro atoms. The third kappa shape index (κ3) is 4.41. The molecular formula is C23H24F2N4O. The normalized spacial score (nSPS) is 13.8. The molecule has 3 aromatic rings. The third-order valence-corrected chi connectivity index (χ3v) is 5.41. The van der Waals surface area contributed by atoms with Crippen molar-refractivity contribution in [3.63, 3.8) is 0 Å². The van der Waals surface area contributed by atoms with Gasteiger partial charge in [0.2, 0.25) is 0 Å². The van der Waals surface area contributed by atoms with E-state index in [1.807, 2.05) is 0 Å². The monoisotopic (exact) mass is 410 g/mol. The van der Waals surface area contributed by atoms with Gasteiger partial charge in [0.25, 0.3) is 5.91 Å². The average molecular weight is 410 g/mol. The van der Waals surface area contributed by atoms with Crippen LogP contribution in [0.5, 0.6) is 0 Å². The zero-order valence-electron chi connectivity index (χ0n) is 16.9. The minimum absolute atomic E-state index is 0.106. The van der Waals surface area contributed by atoms with E-state index in [1.165, 1.54) is 21.9 Å². The summed E-state index contributed by atoms with van der Waals surface area (Å²) in [5.41, 5.74) is 3.37. The second-order valence-corrected chi connectivity index (χ2v) is 7.59. The summed E-state index contributed by atoms with van der Waals surface area (Å²) in [6, 6.07) is 11.8. The standard InChI is InChI=1S/C23H24F2N4O/c1-28-15-20(22(27-28)19-8-7-18(24)13-21(19)25)23(30)26-10-4-11-29-12-9-16-5-2-3-6-17(16)14-29/h2-3,5-8,13,15H,4,9-12,14H2,1H3,(H,26,30). The first-order chi connectivity index (χ1) is 14.5. The van der Waals surface area contributed by atoms with Crippen molar-refractivity contribution < 1.29 is 13.6 Å². The number of hydrogen-bond donors (Lipinski definition) is 1. The molecule has 2 aromatic carbocycles. The molecule has 0 unspecified atom stereocenters. The lowest BCUT2D eigenvalue weighted by atomic mass is 10.00. The summed E-state index contributed by atoms with van der Waals surface area (Å²) in [6.45, 7) is 3.35. The van der Waals surface area contributed by atoms with E-state index in [4.69, 9.17) is 0 Å². The number of nitrogens with one attached hydrogen (secondary N) is 1. The SMILES string of the molecule is Cn1cc(C(=O)NCCCN2CCc3ccccc3C2)c(-c2ccc(F)cc2F)n1. The van der Waals surface area contributed by atoms with Gasteiger partial charge in [0, 0.05) is 51.1 Å². The predicted octanol–water partition coefficient (Wildman–Crippen LogP) is 3.54. The van der Waals surface area contributed by atoms with E-state index in [2.05, 4.69) is 39.6 Å². The maximum absolute atomic E-state index is 14.2. The number of hydrogen-bond acceptors (Lipinski definition) is 3. The van der Waals surface area contributed by atoms with Gasteiger partial charge in [0.05, 0.1) is 5.56 Å². The minimum Gasteiger partial charge on any atom is -0.352 e. The van der Waals surface area contributed by atoms with Crippen LogP contribution in [-0.2, 0) is 20.0 Å². The lowest BCUT2D eigenvalue weighted by molar-refractivity contribution is 0.0952. The minimum atomic E-state index is -0.742. The van der Waals surface area contributed by atoms with Crippen LogP contribution in [0, 0.1) is 11.6 Å². The predicted molar refractivity (Wildman–Crippen MR) is 111 cm³/mol. The van der Waals surface area contributed by atoms with E-state index in [-0.39, 0.29) is 22.7 Å². The van der Waals surface area contributed by atoms with Gasteiger partial charge in [0.1, 0.15) is 17.3 Å². The molecule has 0 saturated heterocycles. The third-order valence-electron chi connectivity index (χ3n) is 5.41. The molecule has 0 fully saturated rings. The summed E-state index contributed by atoms with van der Waals surface area (Å²) in [5, 5.41) is 7.10. The van der Waals surface area contributed by atoms with Crippen molar-refractivity contribution in [2.75, 3.05) is 19.6 Å². The molecule has 1 amide bonds. The number of benzene rings is 2. The molecule has 156 valence electrons. The number of fused-ring (bicyclic) bond motifs is 1. The summed E-state index contributed by atoms with van der Waals surface area (Å²) in [6.07, 6.45) is 3.41. The van der Waals surface area contributed by atoms with E-state index >= 15 is 0 Å². The van der Waals surface area contributed by atoms with Crippen molar-refractivity contribution in [2.45, 2.75) is 19.4 Å². The van der Waals surface area contributed by atoms with Gasteiger partial charge in [-0.25, -0.2) is 8.78 Å². The van der Waals surface area contributed by atoms with Gasteiger partial charge in [0.15, 0.2) is 0 Å². The molecule has 30 heavy (non-hydrogen) atoms.